The Morgan fingerprint density at radius 2 is 0.844 bits per heavy atom. The number of hydrogen-bond acceptors (Lipinski definition) is 1. The Kier molecular flexibility index (Phi) is 6.90. The maximum absolute atomic E-state index is 2.46. The van der Waals surface area contributed by atoms with E-state index in [0.717, 1.165) is 17.1 Å². The van der Waals surface area contributed by atoms with E-state index in [1.807, 2.05) is 0 Å². The van der Waals surface area contributed by atoms with Crippen molar-refractivity contribution in [1.29, 1.82) is 0 Å². The zero-order chi connectivity index (χ0) is 30.0. The molecule has 8 rings (SSSR count). The quantitative estimate of drug-likeness (QED) is 0.191. The fourth-order valence-corrected chi connectivity index (χ4v) is 6.57. The van der Waals surface area contributed by atoms with Gasteiger partial charge in [0.1, 0.15) is 0 Å². The second kappa shape index (κ2) is 11.6. The lowest BCUT2D eigenvalue weighted by Gasteiger charge is -2.31. The van der Waals surface area contributed by atoms with Gasteiger partial charge in [-0.15, -0.1) is 0 Å². The molecule has 0 spiro atoms. The molecular weight excluding hydrogens is 542 g/mol. The van der Waals surface area contributed by atoms with E-state index in [9.17, 15) is 0 Å². The Morgan fingerprint density at radius 3 is 1.62 bits per heavy atom. The zero-order valence-electron chi connectivity index (χ0n) is 24.8. The summed E-state index contributed by atoms with van der Waals surface area (Å²) in [6.07, 6.45) is 0. The predicted octanol–water partition coefficient (Wildman–Crippen LogP) is 12.5. The molecule has 0 atom stereocenters. The number of fused-ring (bicyclic) bond motifs is 2. The molecule has 0 aliphatic rings. The molecule has 0 aliphatic heterocycles. The van der Waals surface area contributed by atoms with Gasteiger partial charge in [-0.2, -0.15) is 0 Å². The average Bonchev–Trinajstić information content (AvgIpc) is 3.12. The molecular formula is C44H31N. The van der Waals surface area contributed by atoms with Crippen molar-refractivity contribution in [3.63, 3.8) is 0 Å². The fourth-order valence-electron chi connectivity index (χ4n) is 6.57. The molecule has 0 saturated heterocycles. The number of rotatable bonds is 6. The highest BCUT2D eigenvalue weighted by Crippen LogP contribution is 2.49. The van der Waals surface area contributed by atoms with Gasteiger partial charge in [-0.25, -0.2) is 0 Å². The summed E-state index contributed by atoms with van der Waals surface area (Å²) in [6, 6.07) is 67.8. The smallest absolute Gasteiger partial charge is 0.0546 e. The monoisotopic (exact) mass is 573 g/mol. The Bertz CT molecular complexity index is 2260. The molecule has 1 nitrogen and oxygen atoms in total. The van der Waals surface area contributed by atoms with E-state index in [1.54, 1.807) is 0 Å². The summed E-state index contributed by atoms with van der Waals surface area (Å²) in [5.41, 5.74) is 10.6. The molecule has 0 bridgehead atoms. The van der Waals surface area contributed by atoms with Crippen molar-refractivity contribution in [2.45, 2.75) is 0 Å². The lowest BCUT2D eigenvalue weighted by Crippen LogP contribution is -2.12. The van der Waals surface area contributed by atoms with Crippen molar-refractivity contribution < 1.29 is 0 Å². The molecule has 212 valence electrons. The summed E-state index contributed by atoms with van der Waals surface area (Å²) in [5.74, 6) is 0. The minimum absolute atomic E-state index is 1.12. The van der Waals surface area contributed by atoms with Crippen molar-refractivity contribution in [2.24, 2.45) is 0 Å². The summed E-state index contributed by atoms with van der Waals surface area (Å²) in [6.45, 7) is 0. The molecule has 0 amide bonds. The molecule has 0 N–H and O–H groups in total. The van der Waals surface area contributed by atoms with Crippen LogP contribution in [0, 0.1) is 0 Å². The zero-order valence-corrected chi connectivity index (χ0v) is 24.8. The van der Waals surface area contributed by atoms with Crippen LogP contribution < -0.4 is 4.90 Å². The summed E-state index contributed by atoms with van der Waals surface area (Å²) >= 11 is 0. The highest BCUT2D eigenvalue weighted by molar-refractivity contribution is 6.06. The van der Waals surface area contributed by atoms with E-state index in [-0.39, 0.29) is 0 Å². The SMILES string of the molecule is c1ccc(-c2ccccc2-c2c(-c3ccccc3)cccc2N(c2ccc3ccccc3c2)c2cccc3ccccc23)cc1. The van der Waals surface area contributed by atoms with E-state index in [2.05, 4.69) is 193 Å². The van der Waals surface area contributed by atoms with E-state index >= 15 is 0 Å². The maximum atomic E-state index is 2.46. The fraction of sp³-hybridized carbons (Fsp3) is 0. The maximum Gasteiger partial charge on any atom is 0.0546 e. The van der Waals surface area contributed by atoms with Gasteiger partial charge in [0.05, 0.1) is 11.4 Å². The van der Waals surface area contributed by atoms with Gasteiger partial charge in [-0.3, -0.25) is 0 Å². The highest BCUT2D eigenvalue weighted by atomic mass is 15.1. The number of anilines is 3. The van der Waals surface area contributed by atoms with Gasteiger partial charge in [-0.1, -0.05) is 164 Å². The third kappa shape index (κ3) is 4.95. The third-order valence-corrected chi connectivity index (χ3v) is 8.65. The summed E-state index contributed by atoms with van der Waals surface area (Å²) in [7, 11) is 0. The molecule has 0 aromatic heterocycles. The Balaban J connectivity index is 1.49. The van der Waals surface area contributed by atoms with Crippen LogP contribution in [-0.4, -0.2) is 0 Å². The standard InChI is InChI=1S/C44H31N/c1-3-16-33(17-4-1)38-23-11-12-25-41(38)44-40(35-18-5-2-6-19-35)26-14-28-43(44)45(37-30-29-32-15-7-8-21-36(32)31-37)42-27-13-22-34-20-9-10-24-39(34)42/h1-31H. The minimum Gasteiger partial charge on any atom is -0.309 e. The molecule has 0 saturated carbocycles. The molecule has 8 aromatic rings. The topological polar surface area (TPSA) is 3.24 Å². The van der Waals surface area contributed by atoms with Gasteiger partial charge >= 0.3 is 0 Å². The minimum atomic E-state index is 1.12. The molecule has 1 heteroatoms. The first-order valence-corrected chi connectivity index (χ1v) is 15.5. The first-order chi connectivity index (χ1) is 22.3. The van der Waals surface area contributed by atoms with Crippen LogP contribution in [0.3, 0.4) is 0 Å². The Morgan fingerprint density at radius 1 is 0.311 bits per heavy atom. The molecule has 0 heterocycles. The van der Waals surface area contributed by atoms with Crippen molar-refractivity contribution >= 4 is 38.6 Å². The van der Waals surface area contributed by atoms with Gasteiger partial charge in [0.15, 0.2) is 0 Å². The number of hydrogen-bond donors (Lipinski definition) is 0. The van der Waals surface area contributed by atoms with Crippen LogP contribution in [0.15, 0.2) is 188 Å². The Hall–Kier alpha value is -5.92. The number of nitrogens with zero attached hydrogens (tertiary/aromatic N) is 1. The van der Waals surface area contributed by atoms with Crippen molar-refractivity contribution in [2.75, 3.05) is 4.90 Å². The average molecular weight is 574 g/mol. The van der Waals surface area contributed by atoms with E-state index < -0.39 is 0 Å². The summed E-state index contributed by atoms with van der Waals surface area (Å²) in [5, 5.41) is 4.87. The van der Waals surface area contributed by atoms with Crippen LogP contribution in [0.1, 0.15) is 0 Å². The van der Waals surface area contributed by atoms with Crippen LogP contribution in [0.2, 0.25) is 0 Å². The van der Waals surface area contributed by atoms with Crippen LogP contribution in [0.4, 0.5) is 17.1 Å². The normalized spacial score (nSPS) is 11.1. The van der Waals surface area contributed by atoms with Crippen LogP contribution in [0.5, 0.6) is 0 Å². The molecule has 45 heavy (non-hydrogen) atoms. The molecule has 0 aliphatic carbocycles. The van der Waals surface area contributed by atoms with Crippen molar-refractivity contribution in [3.05, 3.63) is 188 Å². The van der Waals surface area contributed by atoms with Gasteiger partial charge in [0.25, 0.3) is 0 Å². The molecule has 0 fully saturated rings. The van der Waals surface area contributed by atoms with E-state index in [1.165, 1.54) is 54.9 Å². The Labute approximate surface area is 264 Å². The van der Waals surface area contributed by atoms with Gasteiger partial charge < -0.3 is 4.90 Å². The molecule has 0 unspecified atom stereocenters. The van der Waals surface area contributed by atoms with E-state index in [0.29, 0.717) is 0 Å². The first-order valence-electron chi connectivity index (χ1n) is 15.5. The van der Waals surface area contributed by atoms with Crippen LogP contribution >= 0.6 is 0 Å². The summed E-state index contributed by atoms with van der Waals surface area (Å²) in [4.78, 5) is 2.46. The molecule has 0 radical (unpaired) electrons. The van der Waals surface area contributed by atoms with Crippen molar-refractivity contribution in [1.82, 2.24) is 0 Å². The second-order valence-electron chi connectivity index (χ2n) is 11.3. The largest absolute Gasteiger partial charge is 0.309 e. The van der Waals surface area contributed by atoms with Crippen LogP contribution in [-0.2, 0) is 0 Å². The number of benzene rings is 8. The third-order valence-electron chi connectivity index (χ3n) is 8.65. The van der Waals surface area contributed by atoms with Gasteiger partial charge in [0.2, 0.25) is 0 Å². The van der Waals surface area contributed by atoms with Gasteiger partial charge in [-0.05, 0) is 68.2 Å². The van der Waals surface area contributed by atoms with Crippen molar-refractivity contribution in [3.8, 4) is 33.4 Å². The highest BCUT2D eigenvalue weighted by Gasteiger charge is 2.23. The van der Waals surface area contributed by atoms with Crippen LogP contribution in [0.25, 0.3) is 54.9 Å². The lowest BCUT2D eigenvalue weighted by molar-refractivity contribution is 1.30. The predicted molar refractivity (Wildman–Crippen MR) is 192 cm³/mol. The lowest BCUT2D eigenvalue weighted by atomic mass is 9.87. The van der Waals surface area contributed by atoms with E-state index in [4.69, 9.17) is 0 Å². The first kappa shape index (κ1) is 26.7. The van der Waals surface area contributed by atoms with Gasteiger partial charge in [0, 0.05) is 16.6 Å². The molecule has 8 aromatic carbocycles. The summed E-state index contributed by atoms with van der Waals surface area (Å²) < 4.78 is 0. The second-order valence-corrected chi connectivity index (χ2v) is 11.3.